The van der Waals surface area contributed by atoms with Crippen molar-refractivity contribution in [2.24, 2.45) is 0 Å². The van der Waals surface area contributed by atoms with Crippen LogP contribution in [0.1, 0.15) is 11.1 Å². The summed E-state index contributed by atoms with van der Waals surface area (Å²) in [5.74, 6) is -0.289. The lowest BCUT2D eigenvalue weighted by Gasteiger charge is -2.12. The Balaban J connectivity index is 1.60. The van der Waals surface area contributed by atoms with E-state index in [1.807, 2.05) is 0 Å². The molecule has 2 aromatic heterocycles. The smallest absolute Gasteiger partial charge is 0.406 e. The van der Waals surface area contributed by atoms with Gasteiger partial charge in [0.25, 0.3) is 0 Å². The van der Waals surface area contributed by atoms with E-state index in [0.717, 1.165) is 24.3 Å². The molecule has 4 rings (SSSR count). The van der Waals surface area contributed by atoms with Gasteiger partial charge < -0.3 is 10.5 Å². The van der Waals surface area contributed by atoms with Gasteiger partial charge in [-0.25, -0.2) is 9.97 Å². The minimum Gasteiger partial charge on any atom is -0.406 e. The van der Waals surface area contributed by atoms with Crippen molar-refractivity contribution in [2.45, 2.75) is 19.1 Å². The number of hydrogen-bond acceptors (Lipinski definition) is 5. The molecule has 176 valence electrons. The Kier molecular flexibility index (Phi) is 5.90. The van der Waals surface area contributed by atoms with Crippen LogP contribution in [-0.2, 0) is 12.7 Å². The number of hydrogen-bond donors (Lipinski definition) is 1. The molecule has 0 aliphatic heterocycles. The van der Waals surface area contributed by atoms with E-state index >= 15 is 0 Å². The Hall–Kier alpha value is -4.09. The molecule has 0 aliphatic rings. The average Bonchev–Trinajstić information content (AvgIpc) is 3.21. The molecule has 0 fully saturated rings. The van der Waals surface area contributed by atoms with Gasteiger partial charge >= 0.3 is 12.5 Å². The van der Waals surface area contributed by atoms with Crippen molar-refractivity contribution < 1.29 is 31.1 Å². The summed E-state index contributed by atoms with van der Waals surface area (Å²) in [4.78, 5) is 8.21. The van der Waals surface area contributed by atoms with E-state index in [-0.39, 0.29) is 12.4 Å². The predicted octanol–water partition coefficient (Wildman–Crippen LogP) is 5.56. The summed E-state index contributed by atoms with van der Waals surface area (Å²) in [6.07, 6.45) is -4.87. The summed E-state index contributed by atoms with van der Waals surface area (Å²) in [7, 11) is 0. The molecule has 34 heavy (non-hydrogen) atoms. The monoisotopic (exact) mass is 479 g/mol. The van der Waals surface area contributed by atoms with Crippen LogP contribution < -0.4 is 10.5 Å². The lowest BCUT2D eigenvalue weighted by Crippen LogP contribution is -2.16. The largest absolute Gasteiger partial charge is 0.573 e. The van der Waals surface area contributed by atoms with Crippen molar-refractivity contribution in [3.05, 3.63) is 78.4 Å². The lowest BCUT2D eigenvalue weighted by atomic mass is 10.0. The van der Waals surface area contributed by atoms with Crippen molar-refractivity contribution in [3.8, 4) is 28.1 Å². The van der Waals surface area contributed by atoms with Crippen molar-refractivity contribution in [1.82, 2.24) is 19.7 Å². The number of halogens is 6. The van der Waals surface area contributed by atoms with Crippen LogP contribution in [0.25, 0.3) is 22.4 Å². The molecule has 2 aromatic carbocycles. The highest BCUT2D eigenvalue weighted by molar-refractivity contribution is 5.86. The number of ether oxygens (including phenoxy) is 1. The standard InChI is InChI=1S/C22H15F6N5O/c23-21(24,25)16-5-1-13(2-6-16)10-33-11-15(9-32-33)19-18(20(29)31-12-30-19)14-3-7-17(8-4-14)34-22(26,27)28/h1-9,11-12H,10H2,(H2,29,30,31). The van der Waals surface area contributed by atoms with Gasteiger partial charge in [0.2, 0.25) is 0 Å². The lowest BCUT2D eigenvalue weighted by molar-refractivity contribution is -0.274. The molecule has 2 N–H and O–H groups in total. The SMILES string of the molecule is Nc1ncnc(-c2cnn(Cc3ccc(C(F)(F)F)cc3)c2)c1-c1ccc(OC(F)(F)F)cc1. The Labute approximate surface area is 188 Å². The highest BCUT2D eigenvalue weighted by atomic mass is 19.4. The second kappa shape index (κ2) is 8.69. The number of rotatable bonds is 5. The molecule has 0 bridgehead atoms. The zero-order chi connectivity index (χ0) is 24.5. The van der Waals surface area contributed by atoms with E-state index in [9.17, 15) is 26.3 Å². The quantitative estimate of drug-likeness (QED) is 0.380. The molecule has 6 nitrogen and oxygen atoms in total. The molecule has 4 aromatic rings. The summed E-state index contributed by atoms with van der Waals surface area (Å²) < 4.78 is 80.9. The molecule has 0 aliphatic carbocycles. The third kappa shape index (κ3) is 5.27. The Bertz CT molecular complexity index is 1280. The molecule has 0 unspecified atom stereocenters. The summed E-state index contributed by atoms with van der Waals surface area (Å²) >= 11 is 0. The first-order valence-corrected chi connectivity index (χ1v) is 9.65. The van der Waals surface area contributed by atoms with E-state index in [4.69, 9.17) is 5.73 Å². The number of benzene rings is 2. The fourth-order valence-electron chi connectivity index (χ4n) is 3.28. The van der Waals surface area contributed by atoms with Crippen molar-refractivity contribution in [1.29, 1.82) is 0 Å². The van der Waals surface area contributed by atoms with Gasteiger partial charge in [-0.05, 0) is 35.4 Å². The molecule has 0 radical (unpaired) electrons. The number of nitrogens with two attached hydrogens (primary N) is 1. The molecule has 0 saturated heterocycles. The van der Waals surface area contributed by atoms with E-state index < -0.39 is 23.9 Å². The Morgan fingerprint density at radius 3 is 2.15 bits per heavy atom. The number of anilines is 1. The van der Waals surface area contributed by atoms with Gasteiger partial charge in [-0.2, -0.15) is 18.3 Å². The summed E-state index contributed by atoms with van der Waals surface area (Å²) in [6.45, 7) is 0.206. The van der Waals surface area contributed by atoms with Crippen LogP contribution in [0, 0.1) is 0 Å². The van der Waals surface area contributed by atoms with Gasteiger partial charge in [0, 0.05) is 11.8 Å². The van der Waals surface area contributed by atoms with Gasteiger partial charge in [0.05, 0.1) is 29.6 Å². The Morgan fingerprint density at radius 1 is 0.853 bits per heavy atom. The van der Waals surface area contributed by atoms with Crippen molar-refractivity contribution in [2.75, 3.05) is 5.73 Å². The second-order valence-corrected chi connectivity index (χ2v) is 7.18. The van der Waals surface area contributed by atoms with Crippen LogP contribution in [-0.4, -0.2) is 26.1 Å². The molecule has 0 amide bonds. The number of nitrogen functional groups attached to an aromatic ring is 1. The molecular formula is C22H15F6N5O. The maximum atomic E-state index is 12.7. The van der Waals surface area contributed by atoms with Crippen molar-refractivity contribution >= 4 is 5.82 Å². The van der Waals surface area contributed by atoms with Gasteiger partial charge in [-0.3, -0.25) is 4.68 Å². The van der Waals surface area contributed by atoms with Crippen LogP contribution in [0.2, 0.25) is 0 Å². The Morgan fingerprint density at radius 2 is 1.53 bits per heavy atom. The number of aromatic nitrogens is 4. The number of alkyl halides is 6. The highest BCUT2D eigenvalue weighted by Crippen LogP contribution is 2.35. The fourth-order valence-corrected chi connectivity index (χ4v) is 3.28. The molecule has 12 heteroatoms. The van der Waals surface area contributed by atoms with Crippen LogP contribution in [0.4, 0.5) is 32.2 Å². The highest BCUT2D eigenvalue weighted by Gasteiger charge is 2.31. The first-order valence-electron chi connectivity index (χ1n) is 9.65. The normalized spacial score (nSPS) is 12.1. The van der Waals surface area contributed by atoms with Gasteiger partial charge in [0.1, 0.15) is 17.9 Å². The first kappa shape index (κ1) is 23.1. The molecule has 0 atom stereocenters. The maximum Gasteiger partial charge on any atom is 0.573 e. The number of nitrogens with zero attached hydrogens (tertiary/aromatic N) is 4. The van der Waals surface area contributed by atoms with Crippen LogP contribution >= 0.6 is 0 Å². The van der Waals surface area contributed by atoms with Crippen LogP contribution in [0.5, 0.6) is 5.75 Å². The second-order valence-electron chi connectivity index (χ2n) is 7.18. The predicted molar refractivity (Wildman–Crippen MR) is 110 cm³/mol. The topological polar surface area (TPSA) is 78.9 Å². The molecular weight excluding hydrogens is 464 g/mol. The van der Waals surface area contributed by atoms with E-state index in [0.29, 0.717) is 27.9 Å². The summed E-state index contributed by atoms with van der Waals surface area (Å²) in [6, 6.07) is 9.80. The van der Waals surface area contributed by atoms with Gasteiger partial charge in [-0.1, -0.05) is 24.3 Å². The molecule has 0 spiro atoms. The van der Waals surface area contributed by atoms with Gasteiger partial charge in [-0.15, -0.1) is 13.2 Å². The van der Waals surface area contributed by atoms with Crippen molar-refractivity contribution in [3.63, 3.8) is 0 Å². The first-order chi connectivity index (χ1) is 16.0. The van der Waals surface area contributed by atoms with Crippen LogP contribution in [0.15, 0.2) is 67.3 Å². The molecule has 0 saturated carbocycles. The minimum absolute atomic E-state index is 0.102. The zero-order valence-electron chi connectivity index (χ0n) is 17.1. The molecule has 2 heterocycles. The maximum absolute atomic E-state index is 12.7. The zero-order valence-corrected chi connectivity index (χ0v) is 17.1. The summed E-state index contributed by atoms with van der Waals surface area (Å²) in [5.41, 5.74) is 7.65. The summed E-state index contributed by atoms with van der Waals surface area (Å²) in [5, 5.41) is 4.23. The van der Waals surface area contributed by atoms with Crippen LogP contribution in [0.3, 0.4) is 0 Å². The van der Waals surface area contributed by atoms with E-state index in [2.05, 4.69) is 19.8 Å². The van der Waals surface area contributed by atoms with E-state index in [1.165, 1.54) is 41.5 Å². The fraction of sp³-hybridized carbons (Fsp3) is 0.136. The average molecular weight is 479 g/mol. The van der Waals surface area contributed by atoms with E-state index in [1.54, 1.807) is 6.20 Å². The minimum atomic E-state index is -4.82. The third-order valence-electron chi connectivity index (χ3n) is 4.79. The third-order valence-corrected chi connectivity index (χ3v) is 4.79. The van der Waals surface area contributed by atoms with Gasteiger partial charge in [0.15, 0.2) is 0 Å².